The first-order valence-electron chi connectivity index (χ1n) is 5.80. The topological polar surface area (TPSA) is 20.2 Å². The quantitative estimate of drug-likeness (QED) is 0.677. The van der Waals surface area contributed by atoms with Crippen molar-refractivity contribution < 1.29 is 5.11 Å². The van der Waals surface area contributed by atoms with Crippen LogP contribution in [0.2, 0.25) is 0 Å². The van der Waals surface area contributed by atoms with E-state index in [1.807, 2.05) is 0 Å². The van der Waals surface area contributed by atoms with Gasteiger partial charge in [0.15, 0.2) is 0 Å². The minimum Gasteiger partial charge on any atom is -0.389 e. The van der Waals surface area contributed by atoms with Gasteiger partial charge >= 0.3 is 0 Å². The molecule has 2 rings (SSSR count). The number of allylic oxidation sites excluding steroid dienone is 3. The average molecular weight is 192 g/mol. The molecule has 0 saturated heterocycles. The van der Waals surface area contributed by atoms with Gasteiger partial charge in [-0.25, -0.2) is 0 Å². The van der Waals surface area contributed by atoms with Gasteiger partial charge in [-0.1, -0.05) is 38.5 Å². The zero-order valence-electron chi connectivity index (χ0n) is 9.11. The Morgan fingerprint density at radius 2 is 2.21 bits per heavy atom. The van der Waals surface area contributed by atoms with Crippen LogP contribution in [0.4, 0.5) is 0 Å². The Morgan fingerprint density at radius 3 is 2.93 bits per heavy atom. The second-order valence-electron chi connectivity index (χ2n) is 4.71. The largest absolute Gasteiger partial charge is 0.389 e. The van der Waals surface area contributed by atoms with Crippen LogP contribution in [0.25, 0.3) is 0 Å². The van der Waals surface area contributed by atoms with E-state index in [0.29, 0.717) is 11.8 Å². The van der Waals surface area contributed by atoms with Crippen LogP contribution < -0.4 is 0 Å². The van der Waals surface area contributed by atoms with Crippen LogP contribution in [0.5, 0.6) is 0 Å². The molecule has 0 amide bonds. The van der Waals surface area contributed by atoms with E-state index < -0.39 is 0 Å². The standard InChI is InChI=1S/C13H20O/c1-3-12-9(2)4-5-10-8-11(14)6-7-13(10)12/h4-5,8-9,11-14H,3,6-7H2,1-2H3. The lowest BCUT2D eigenvalue weighted by atomic mass is 9.68. The van der Waals surface area contributed by atoms with Crippen LogP contribution in [0.1, 0.15) is 33.1 Å². The maximum Gasteiger partial charge on any atom is 0.0726 e. The first-order chi connectivity index (χ1) is 6.72. The molecule has 0 fully saturated rings. The predicted molar refractivity (Wildman–Crippen MR) is 58.9 cm³/mol. The van der Waals surface area contributed by atoms with E-state index >= 15 is 0 Å². The lowest BCUT2D eigenvalue weighted by molar-refractivity contribution is 0.168. The highest BCUT2D eigenvalue weighted by Crippen LogP contribution is 2.41. The van der Waals surface area contributed by atoms with Crippen molar-refractivity contribution in [3.05, 3.63) is 23.8 Å². The fourth-order valence-corrected chi connectivity index (χ4v) is 3.01. The third-order valence-corrected chi connectivity index (χ3v) is 3.84. The molecule has 0 bridgehead atoms. The summed E-state index contributed by atoms with van der Waals surface area (Å²) >= 11 is 0. The molecule has 14 heavy (non-hydrogen) atoms. The summed E-state index contributed by atoms with van der Waals surface area (Å²) in [7, 11) is 0. The number of aliphatic hydroxyl groups excluding tert-OH is 1. The molecule has 0 aliphatic heterocycles. The van der Waals surface area contributed by atoms with Crippen molar-refractivity contribution in [2.75, 3.05) is 0 Å². The summed E-state index contributed by atoms with van der Waals surface area (Å²) in [6.07, 6.45) is 9.75. The molecule has 1 heteroatoms. The van der Waals surface area contributed by atoms with Gasteiger partial charge in [0.25, 0.3) is 0 Å². The van der Waals surface area contributed by atoms with Gasteiger partial charge in [-0.15, -0.1) is 0 Å². The molecule has 1 N–H and O–H groups in total. The Hall–Kier alpha value is -0.560. The van der Waals surface area contributed by atoms with Crippen molar-refractivity contribution in [2.24, 2.45) is 17.8 Å². The molecule has 0 aromatic carbocycles. The van der Waals surface area contributed by atoms with Crippen LogP contribution >= 0.6 is 0 Å². The average Bonchev–Trinajstić information content (AvgIpc) is 2.18. The van der Waals surface area contributed by atoms with Crippen molar-refractivity contribution >= 4 is 0 Å². The van der Waals surface area contributed by atoms with Gasteiger partial charge in [0.1, 0.15) is 0 Å². The van der Waals surface area contributed by atoms with Crippen LogP contribution in [-0.2, 0) is 0 Å². The van der Waals surface area contributed by atoms with E-state index in [1.165, 1.54) is 18.4 Å². The lowest BCUT2D eigenvalue weighted by Crippen LogP contribution is -2.29. The molecule has 0 aromatic heterocycles. The fraction of sp³-hybridized carbons (Fsp3) is 0.692. The monoisotopic (exact) mass is 192 g/mol. The molecule has 0 radical (unpaired) electrons. The number of hydrogen-bond donors (Lipinski definition) is 1. The Labute approximate surface area is 86.5 Å². The highest BCUT2D eigenvalue weighted by atomic mass is 16.3. The molecule has 4 atom stereocenters. The number of rotatable bonds is 1. The summed E-state index contributed by atoms with van der Waals surface area (Å²) in [5, 5.41) is 9.56. The number of aliphatic hydroxyl groups is 1. The molecule has 2 aliphatic carbocycles. The Bertz CT molecular complexity index is 264. The second-order valence-corrected chi connectivity index (χ2v) is 4.71. The summed E-state index contributed by atoms with van der Waals surface area (Å²) in [5.41, 5.74) is 1.38. The molecule has 1 nitrogen and oxygen atoms in total. The van der Waals surface area contributed by atoms with Crippen molar-refractivity contribution in [2.45, 2.75) is 39.2 Å². The molecular formula is C13H20O. The summed E-state index contributed by atoms with van der Waals surface area (Å²) < 4.78 is 0. The molecule has 78 valence electrons. The Kier molecular flexibility index (Phi) is 2.78. The number of fused-ring (bicyclic) bond motifs is 1. The summed E-state index contributed by atoms with van der Waals surface area (Å²) in [6, 6.07) is 0. The minimum atomic E-state index is -0.197. The van der Waals surface area contributed by atoms with Gasteiger partial charge in [0, 0.05) is 0 Å². The van der Waals surface area contributed by atoms with Gasteiger partial charge < -0.3 is 5.11 Å². The van der Waals surface area contributed by atoms with Gasteiger partial charge in [0.05, 0.1) is 6.10 Å². The van der Waals surface area contributed by atoms with E-state index in [4.69, 9.17) is 0 Å². The van der Waals surface area contributed by atoms with Gasteiger partial charge in [-0.05, 0) is 36.2 Å². The Morgan fingerprint density at radius 1 is 1.43 bits per heavy atom. The molecular weight excluding hydrogens is 172 g/mol. The Balaban J connectivity index is 2.26. The lowest BCUT2D eigenvalue weighted by Gasteiger charge is -2.37. The summed E-state index contributed by atoms with van der Waals surface area (Å²) in [5.74, 6) is 2.21. The predicted octanol–water partition coefficient (Wildman–Crippen LogP) is 2.92. The normalized spacial score (nSPS) is 41.8. The highest BCUT2D eigenvalue weighted by Gasteiger charge is 2.32. The van der Waals surface area contributed by atoms with Crippen LogP contribution in [0.3, 0.4) is 0 Å². The second kappa shape index (κ2) is 3.90. The van der Waals surface area contributed by atoms with Crippen molar-refractivity contribution in [3.63, 3.8) is 0 Å². The van der Waals surface area contributed by atoms with E-state index in [2.05, 4.69) is 32.1 Å². The molecule has 0 heterocycles. The maximum atomic E-state index is 9.56. The fourth-order valence-electron chi connectivity index (χ4n) is 3.01. The summed E-state index contributed by atoms with van der Waals surface area (Å²) in [6.45, 7) is 4.59. The zero-order chi connectivity index (χ0) is 10.1. The maximum absolute atomic E-state index is 9.56. The minimum absolute atomic E-state index is 0.197. The van der Waals surface area contributed by atoms with E-state index in [-0.39, 0.29) is 6.10 Å². The molecule has 0 spiro atoms. The van der Waals surface area contributed by atoms with Crippen molar-refractivity contribution in [3.8, 4) is 0 Å². The highest BCUT2D eigenvalue weighted by molar-refractivity contribution is 5.30. The SMILES string of the molecule is CCC1C(C)C=CC2=CC(O)CCC21. The van der Waals surface area contributed by atoms with Crippen LogP contribution in [0.15, 0.2) is 23.8 Å². The third kappa shape index (κ3) is 1.66. The first-order valence-corrected chi connectivity index (χ1v) is 5.80. The van der Waals surface area contributed by atoms with E-state index in [9.17, 15) is 5.11 Å². The molecule has 2 aliphatic rings. The zero-order valence-corrected chi connectivity index (χ0v) is 9.11. The smallest absolute Gasteiger partial charge is 0.0726 e. The van der Waals surface area contributed by atoms with Crippen LogP contribution in [-0.4, -0.2) is 11.2 Å². The van der Waals surface area contributed by atoms with Crippen LogP contribution in [0, 0.1) is 17.8 Å². The summed E-state index contributed by atoms with van der Waals surface area (Å²) in [4.78, 5) is 0. The molecule has 4 unspecified atom stereocenters. The number of hydrogen-bond acceptors (Lipinski definition) is 1. The molecule has 0 saturated carbocycles. The van der Waals surface area contributed by atoms with Gasteiger partial charge in [0.2, 0.25) is 0 Å². The molecule has 0 aromatic rings. The first kappa shape index (κ1) is 9.97. The van der Waals surface area contributed by atoms with E-state index in [0.717, 1.165) is 12.3 Å². The third-order valence-electron chi connectivity index (χ3n) is 3.84. The van der Waals surface area contributed by atoms with Gasteiger partial charge in [-0.3, -0.25) is 0 Å². The van der Waals surface area contributed by atoms with Crippen molar-refractivity contribution in [1.29, 1.82) is 0 Å². The van der Waals surface area contributed by atoms with Crippen molar-refractivity contribution in [1.82, 2.24) is 0 Å². The van der Waals surface area contributed by atoms with E-state index in [1.54, 1.807) is 0 Å². The van der Waals surface area contributed by atoms with Gasteiger partial charge in [-0.2, -0.15) is 0 Å².